The van der Waals surface area contributed by atoms with Crippen molar-refractivity contribution in [3.63, 3.8) is 0 Å². The van der Waals surface area contributed by atoms with E-state index in [1.54, 1.807) is 42.5 Å². The molecule has 210 valence electrons. The third-order valence-corrected chi connectivity index (χ3v) is 8.03. The lowest BCUT2D eigenvalue weighted by atomic mass is 9.99. The molecule has 2 N–H and O–H groups in total. The average molecular weight is 563 g/mol. The molecule has 0 atom stereocenters. The number of sulfonamides is 1. The summed E-state index contributed by atoms with van der Waals surface area (Å²) in [6.07, 6.45) is 1.21. The van der Waals surface area contributed by atoms with E-state index in [1.165, 1.54) is 17.7 Å². The molecule has 0 aromatic heterocycles. The average Bonchev–Trinajstić information content (AvgIpc) is 3.28. The number of benzene rings is 3. The van der Waals surface area contributed by atoms with Crippen molar-refractivity contribution in [1.82, 2.24) is 4.90 Å². The van der Waals surface area contributed by atoms with Gasteiger partial charge >= 0.3 is 5.97 Å². The standard InChI is InChI=1S/C30H34N4O5S/c1-5-33(6-2)18-19-34(40(4,37)38)24-15-13-23(14-16-24)31-28(21-10-8-7-9-11-21)27-25-17-12-22(30(36)39-3)20-26(25)32-29(27)35/h7-17,20,31H,5-6,18-19H2,1-4H3,(H,32,35)/b28-27-. The first-order valence-corrected chi connectivity index (χ1v) is 14.9. The summed E-state index contributed by atoms with van der Waals surface area (Å²) >= 11 is 0. The first kappa shape index (κ1) is 28.8. The molecule has 0 unspecified atom stereocenters. The Bertz CT molecular complexity index is 1520. The number of ether oxygens (including phenoxy) is 1. The number of fused-ring (bicyclic) bond motifs is 1. The molecule has 0 saturated heterocycles. The van der Waals surface area contributed by atoms with E-state index in [9.17, 15) is 18.0 Å². The van der Waals surface area contributed by atoms with Crippen LogP contribution < -0.4 is 14.9 Å². The number of esters is 1. The Labute approximate surface area is 235 Å². The summed E-state index contributed by atoms with van der Waals surface area (Å²) in [6, 6.07) is 21.5. The van der Waals surface area contributed by atoms with Crippen molar-refractivity contribution in [1.29, 1.82) is 0 Å². The van der Waals surface area contributed by atoms with E-state index in [0.29, 0.717) is 52.5 Å². The van der Waals surface area contributed by atoms with Crippen molar-refractivity contribution in [3.05, 3.63) is 89.5 Å². The molecule has 0 saturated carbocycles. The summed E-state index contributed by atoms with van der Waals surface area (Å²) in [5.41, 5.74) is 4.55. The quantitative estimate of drug-likeness (QED) is 0.261. The van der Waals surface area contributed by atoms with Crippen LogP contribution in [0.25, 0.3) is 11.3 Å². The molecular weight excluding hydrogens is 528 g/mol. The molecule has 0 radical (unpaired) electrons. The second kappa shape index (κ2) is 12.4. The molecule has 3 aromatic rings. The van der Waals surface area contributed by atoms with Crippen LogP contribution in [0.4, 0.5) is 17.1 Å². The van der Waals surface area contributed by atoms with Gasteiger partial charge in [-0.2, -0.15) is 0 Å². The maximum absolute atomic E-state index is 13.2. The van der Waals surface area contributed by atoms with Crippen molar-refractivity contribution in [3.8, 4) is 0 Å². The summed E-state index contributed by atoms with van der Waals surface area (Å²) in [5.74, 6) is -0.796. The minimum Gasteiger partial charge on any atom is -0.465 e. The van der Waals surface area contributed by atoms with E-state index < -0.39 is 16.0 Å². The minimum absolute atomic E-state index is 0.306. The van der Waals surface area contributed by atoms with E-state index >= 15 is 0 Å². The summed E-state index contributed by atoms with van der Waals surface area (Å²) in [4.78, 5) is 27.4. The first-order valence-electron chi connectivity index (χ1n) is 13.1. The minimum atomic E-state index is -3.48. The molecule has 0 spiro atoms. The Balaban J connectivity index is 1.70. The van der Waals surface area contributed by atoms with Crippen LogP contribution in [0.5, 0.6) is 0 Å². The van der Waals surface area contributed by atoms with Crippen LogP contribution in [0.15, 0.2) is 72.8 Å². The molecule has 40 heavy (non-hydrogen) atoms. The summed E-state index contributed by atoms with van der Waals surface area (Å²) < 4.78 is 31.4. The monoisotopic (exact) mass is 562 g/mol. The fourth-order valence-electron chi connectivity index (χ4n) is 4.66. The number of nitrogens with one attached hydrogen (secondary N) is 2. The van der Waals surface area contributed by atoms with Crippen molar-refractivity contribution in [2.75, 3.05) is 54.5 Å². The molecule has 1 amide bonds. The van der Waals surface area contributed by atoms with E-state index in [4.69, 9.17) is 4.74 Å². The second-order valence-electron chi connectivity index (χ2n) is 9.36. The number of hydrogen-bond donors (Lipinski definition) is 2. The fourth-order valence-corrected chi connectivity index (χ4v) is 5.58. The normalized spacial score (nSPS) is 14.0. The predicted molar refractivity (Wildman–Crippen MR) is 160 cm³/mol. The van der Waals surface area contributed by atoms with Crippen molar-refractivity contribution in [2.45, 2.75) is 13.8 Å². The predicted octanol–water partition coefficient (Wildman–Crippen LogP) is 4.51. The zero-order valence-corrected chi connectivity index (χ0v) is 23.9. The zero-order valence-electron chi connectivity index (χ0n) is 23.1. The SMILES string of the molecule is CCN(CC)CCN(c1ccc(N/C(=C2\C(=O)Nc3cc(C(=O)OC)ccc32)c2ccccc2)cc1)S(C)(=O)=O. The highest BCUT2D eigenvalue weighted by Crippen LogP contribution is 2.38. The smallest absolute Gasteiger partial charge is 0.337 e. The first-order chi connectivity index (χ1) is 19.2. The van der Waals surface area contributed by atoms with Gasteiger partial charge in [-0.3, -0.25) is 9.10 Å². The van der Waals surface area contributed by atoms with E-state index in [-0.39, 0.29) is 5.91 Å². The number of rotatable bonds is 11. The van der Waals surface area contributed by atoms with Gasteiger partial charge < -0.3 is 20.3 Å². The number of anilines is 3. The van der Waals surface area contributed by atoms with Gasteiger partial charge in [-0.15, -0.1) is 0 Å². The van der Waals surface area contributed by atoms with Crippen LogP contribution in [-0.2, 0) is 19.6 Å². The molecule has 10 heteroatoms. The summed E-state index contributed by atoms with van der Waals surface area (Å²) in [5, 5.41) is 6.24. The van der Waals surface area contributed by atoms with Crippen molar-refractivity contribution < 1.29 is 22.7 Å². The van der Waals surface area contributed by atoms with Gasteiger partial charge in [-0.1, -0.05) is 50.2 Å². The molecule has 0 aliphatic carbocycles. The van der Waals surface area contributed by atoms with Gasteiger partial charge in [-0.05, 0) is 55.1 Å². The van der Waals surface area contributed by atoms with Crippen LogP contribution in [-0.4, -0.2) is 64.7 Å². The topological polar surface area (TPSA) is 108 Å². The van der Waals surface area contributed by atoms with Gasteiger partial charge in [0.1, 0.15) is 0 Å². The third-order valence-electron chi connectivity index (χ3n) is 6.84. The number of carbonyl (C=O) groups excluding carboxylic acids is 2. The lowest BCUT2D eigenvalue weighted by Crippen LogP contribution is -2.38. The van der Waals surface area contributed by atoms with Crippen LogP contribution in [0.2, 0.25) is 0 Å². The Morgan fingerprint density at radius 2 is 1.60 bits per heavy atom. The third kappa shape index (κ3) is 6.35. The number of likely N-dealkylation sites (N-methyl/N-ethyl adjacent to an activating group) is 1. The highest BCUT2D eigenvalue weighted by molar-refractivity contribution is 7.92. The molecule has 1 heterocycles. The van der Waals surface area contributed by atoms with Gasteiger partial charge in [0.05, 0.1) is 41.6 Å². The lowest BCUT2D eigenvalue weighted by molar-refractivity contribution is -0.110. The number of nitrogens with zero attached hydrogens (tertiary/aromatic N) is 2. The van der Waals surface area contributed by atoms with Crippen LogP contribution in [0, 0.1) is 0 Å². The van der Waals surface area contributed by atoms with Crippen molar-refractivity contribution >= 4 is 50.2 Å². The summed E-state index contributed by atoms with van der Waals surface area (Å²) in [7, 11) is -2.18. The fraction of sp³-hybridized carbons (Fsp3) is 0.267. The van der Waals surface area contributed by atoms with E-state index in [1.807, 2.05) is 30.3 Å². The molecule has 9 nitrogen and oxygen atoms in total. The lowest BCUT2D eigenvalue weighted by Gasteiger charge is -2.26. The Morgan fingerprint density at radius 3 is 2.20 bits per heavy atom. The largest absolute Gasteiger partial charge is 0.465 e. The Morgan fingerprint density at radius 1 is 0.925 bits per heavy atom. The van der Waals surface area contributed by atoms with Gasteiger partial charge in [0.2, 0.25) is 10.0 Å². The molecule has 1 aliphatic rings. The highest BCUT2D eigenvalue weighted by Gasteiger charge is 2.29. The Kier molecular flexibility index (Phi) is 8.91. The summed E-state index contributed by atoms with van der Waals surface area (Å²) in [6.45, 7) is 6.75. The number of amides is 1. The second-order valence-corrected chi connectivity index (χ2v) is 11.3. The van der Waals surface area contributed by atoms with Crippen LogP contribution >= 0.6 is 0 Å². The maximum atomic E-state index is 13.2. The molecule has 1 aliphatic heterocycles. The number of hydrogen-bond acceptors (Lipinski definition) is 7. The zero-order chi connectivity index (χ0) is 28.9. The van der Waals surface area contributed by atoms with Gasteiger partial charge in [0.15, 0.2) is 0 Å². The van der Waals surface area contributed by atoms with Crippen LogP contribution in [0.3, 0.4) is 0 Å². The van der Waals surface area contributed by atoms with Crippen LogP contribution in [0.1, 0.15) is 35.3 Å². The van der Waals surface area contributed by atoms with Gasteiger partial charge in [0, 0.05) is 24.3 Å². The number of methoxy groups -OCH3 is 1. The molecule has 0 fully saturated rings. The molecule has 3 aromatic carbocycles. The highest BCUT2D eigenvalue weighted by atomic mass is 32.2. The van der Waals surface area contributed by atoms with E-state index in [0.717, 1.165) is 18.7 Å². The van der Waals surface area contributed by atoms with E-state index in [2.05, 4.69) is 29.4 Å². The molecule has 4 rings (SSSR count). The molecule has 0 bridgehead atoms. The van der Waals surface area contributed by atoms with Crippen molar-refractivity contribution in [2.24, 2.45) is 0 Å². The molecular formula is C30H34N4O5S. The van der Waals surface area contributed by atoms with Gasteiger partial charge in [0.25, 0.3) is 5.91 Å². The van der Waals surface area contributed by atoms with Gasteiger partial charge in [-0.25, -0.2) is 13.2 Å². The number of carbonyl (C=O) groups is 2. The Hall–Kier alpha value is -4.15. The maximum Gasteiger partial charge on any atom is 0.337 e.